The maximum absolute atomic E-state index is 12.2. The van der Waals surface area contributed by atoms with Crippen molar-refractivity contribution < 1.29 is 14.1 Å². The van der Waals surface area contributed by atoms with Gasteiger partial charge in [-0.2, -0.15) is 0 Å². The van der Waals surface area contributed by atoms with Gasteiger partial charge >= 0.3 is 0 Å². The average molecular weight is 336 g/mol. The van der Waals surface area contributed by atoms with Gasteiger partial charge in [-0.05, 0) is 26.8 Å². The Morgan fingerprint density at radius 2 is 1.79 bits per heavy atom. The van der Waals surface area contributed by atoms with E-state index in [1.54, 1.807) is 24.9 Å². The predicted molar refractivity (Wildman–Crippen MR) is 91.6 cm³/mol. The monoisotopic (exact) mass is 336 g/mol. The second-order valence-electron chi connectivity index (χ2n) is 6.65. The molecule has 134 valence electrons. The van der Waals surface area contributed by atoms with Crippen LogP contribution in [0.25, 0.3) is 0 Å². The largest absolute Gasteiger partial charge is 0.360 e. The van der Waals surface area contributed by atoms with Crippen LogP contribution in [0.1, 0.15) is 50.7 Å². The van der Waals surface area contributed by atoms with Crippen LogP contribution in [0, 0.1) is 6.92 Å². The summed E-state index contributed by atoms with van der Waals surface area (Å²) in [5, 5.41) is 9.46. The van der Waals surface area contributed by atoms with Crippen LogP contribution < -0.4 is 10.6 Å². The molecule has 1 aromatic heterocycles. The van der Waals surface area contributed by atoms with Gasteiger partial charge in [-0.3, -0.25) is 14.5 Å². The maximum atomic E-state index is 12.2. The third-order valence-electron chi connectivity index (χ3n) is 4.19. The van der Waals surface area contributed by atoms with Crippen LogP contribution in [0.4, 0.5) is 5.82 Å². The van der Waals surface area contributed by atoms with Gasteiger partial charge in [-0.25, -0.2) is 0 Å². The molecule has 2 amide bonds. The van der Waals surface area contributed by atoms with Gasteiger partial charge in [0, 0.05) is 12.1 Å². The second-order valence-corrected chi connectivity index (χ2v) is 6.65. The number of hydrogen-bond acceptors (Lipinski definition) is 5. The molecule has 1 aliphatic rings. The number of rotatable bonds is 6. The smallest absolute Gasteiger partial charge is 0.239 e. The summed E-state index contributed by atoms with van der Waals surface area (Å²) in [6.07, 6.45) is 8.30. The van der Waals surface area contributed by atoms with Crippen LogP contribution in [0.5, 0.6) is 0 Å². The first-order valence-electron chi connectivity index (χ1n) is 8.74. The number of carbonyl (C=O) groups is 2. The number of anilines is 1. The molecule has 7 nitrogen and oxygen atoms in total. The van der Waals surface area contributed by atoms with Crippen LogP contribution in [0.15, 0.2) is 10.6 Å². The van der Waals surface area contributed by atoms with Crippen molar-refractivity contribution in [3.63, 3.8) is 0 Å². The number of likely N-dealkylation sites (N-methyl/N-ethyl adjacent to an activating group) is 1. The number of nitrogens with zero attached hydrogens (tertiary/aromatic N) is 2. The first-order chi connectivity index (χ1) is 11.5. The molecule has 0 aliphatic heterocycles. The molecule has 0 saturated heterocycles. The van der Waals surface area contributed by atoms with Gasteiger partial charge in [0.05, 0.1) is 13.1 Å². The summed E-state index contributed by atoms with van der Waals surface area (Å²) in [6, 6.07) is 1.93. The van der Waals surface area contributed by atoms with E-state index in [1.807, 2.05) is 0 Å². The molecule has 0 unspecified atom stereocenters. The lowest BCUT2D eigenvalue weighted by Gasteiger charge is -2.22. The maximum Gasteiger partial charge on any atom is 0.239 e. The van der Waals surface area contributed by atoms with Crippen molar-refractivity contribution in [3.8, 4) is 0 Å². The minimum Gasteiger partial charge on any atom is -0.360 e. The Labute approximate surface area is 143 Å². The molecular weight excluding hydrogens is 308 g/mol. The Balaban J connectivity index is 1.69. The fourth-order valence-electron chi connectivity index (χ4n) is 3.03. The summed E-state index contributed by atoms with van der Waals surface area (Å²) in [5.41, 5.74) is 0. The van der Waals surface area contributed by atoms with E-state index in [1.165, 1.54) is 32.1 Å². The van der Waals surface area contributed by atoms with Crippen LogP contribution >= 0.6 is 0 Å². The third-order valence-corrected chi connectivity index (χ3v) is 4.19. The van der Waals surface area contributed by atoms with E-state index in [2.05, 4.69) is 15.8 Å². The highest BCUT2D eigenvalue weighted by Crippen LogP contribution is 2.17. The molecule has 0 atom stereocenters. The lowest BCUT2D eigenvalue weighted by molar-refractivity contribution is -0.123. The van der Waals surface area contributed by atoms with Crippen molar-refractivity contribution in [2.24, 2.45) is 0 Å². The second kappa shape index (κ2) is 9.42. The standard InChI is InChI=1S/C17H28N4O3/c1-13-10-15(20-24-13)19-17(23)12-21(2)11-16(22)18-14-8-6-4-3-5-7-9-14/h10,14H,3-9,11-12H2,1-2H3,(H,18,22)(H,19,20,23). The fraction of sp³-hybridized carbons (Fsp3) is 0.706. The van der Waals surface area contributed by atoms with Gasteiger partial charge < -0.3 is 15.2 Å². The molecule has 0 bridgehead atoms. The number of aromatic nitrogens is 1. The summed E-state index contributed by atoms with van der Waals surface area (Å²) >= 11 is 0. The van der Waals surface area contributed by atoms with Crippen molar-refractivity contribution >= 4 is 17.6 Å². The van der Waals surface area contributed by atoms with Crippen LogP contribution in [-0.2, 0) is 9.59 Å². The van der Waals surface area contributed by atoms with Gasteiger partial charge in [0.25, 0.3) is 0 Å². The van der Waals surface area contributed by atoms with Crippen LogP contribution in [0.3, 0.4) is 0 Å². The van der Waals surface area contributed by atoms with Crippen molar-refractivity contribution in [1.82, 2.24) is 15.4 Å². The minimum atomic E-state index is -0.218. The number of amides is 2. The summed E-state index contributed by atoms with van der Waals surface area (Å²) in [5.74, 6) is 0.791. The molecule has 0 radical (unpaired) electrons. The third kappa shape index (κ3) is 6.70. The molecule has 2 rings (SSSR count). The molecule has 1 fully saturated rings. The van der Waals surface area contributed by atoms with Gasteiger partial charge in [0.1, 0.15) is 5.76 Å². The highest BCUT2D eigenvalue weighted by Gasteiger charge is 2.16. The molecule has 1 heterocycles. The molecule has 1 saturated carbocycles. The van der Waals surface area contributed by atoms with Crippen molar-refractivity contribution in [1.29, 1.82) is 0 Å². The number of nitrogens with one attached hydrogen (secondary N) is 2. The molecule has 0 spiro atoms. The number of aryl methyl sites for hydroxylation is 1. The lowest BCUT2D eigenvalue weighted by atomic mass is 9.97. The van der Waals surface area contributed by atoms with E-state index in [9.17, 15) is 9.59 Å². The van der Waals surface area contributed by atoms with Gasteiger partial charge in [-0.15, -0.1) is 0 Å². The Morgan fingerprint density at radius 1 is 1.17 bits per heavy atom. The first-order valence-corrected chi connectivity index (χ1v) is 8.74. The molecule has 7 heteroatoms. The average Bonchev–Trinajstić information content (AvgIpc) is 2.86. The summed E-state index contributed by atoms with van der Waals surface area (Å²) in [4.78, 5) is 25.8. The van der Waals surface area contributed by atoms with Crippen LogP contribution in [-0.4, -0.2) is 48.0 Å². The lowest BCUT2D eigenvalue weighted by Crippen LogP contribution is -2.43. The van der Waals surface area contributed by atoms with Crippen molar-refractivity contribution in [3.05, 3.63) is 11.8 Å². The first kappa shape index (κ1) is 18.4. The van der Waals surface area contributed by atoms with Gasteiger partial charge in [0.2, 0.25) is 11.8 Å². The van der Waals surface area contributed by atoms with Gasteiger partial charge in [0.15, 0.2) is 5.82 Å². The highest BCUT2D eigenvalue weighted by atomic mass is 16.5. The van der Waals surface area contributed by atoms with E-state index in [0.29, 0.717) is 11.6 Å². The molecule has 1 aromatic rings. The summed E-state index contributed by atoms with van der Waals surface area (Å²) < 4.78 is 4.90. The number of carbonyl (C=O) groups excluding carboxylic acids is 2. The Hall–Kier alpha value is -1.89. The quantitative estimate of drug-likeness (QED) is 0.830. The van der Waals surface area contributed by atoms with E-state index in [4.69, 9.17) is 4.52 Å². The fourth-order valence-corrected chi connectivity index (χ4v) is 3.03. The summed E-state index contributed by atoms with van der Waals surface area (Å²) in [7, 11) is 1.76. The van der Waals surface area contributed by atoms with Crippen LogP contribution in [0.2, 0.25) is 0 Å². The van der Waals surface area contributed by atoms with E-state index in [-0.39, 0.29) is 30.9 Å². The zero-order chi connectivity index (χ0) is 17.4. The van der Waals surface area contributed by atoms with Crippen molar-refractivity contribution in [2.75, 3.05) is 25.5 Å². The predicted octanol–water partition coefficient (Wildman–Crippen LogP) is 2.08. The minimum absolute atomic E-state index is 0.0202. The van der Waals surface area contributed by atoms with E-state index < -0.39 is 0 Å². The molecule has 2 N–H and O–H groups in total. The molecule has 1 aliphatic carbocycles. The Bertz CT molecular complexity index is 536. The van der Waals surface area contributed by atoms with E-state index in [0.717, 1.165) is 12.8 Å². The van der Waals surface area contributed by atoms with E-state index >= 15 is 0 Å². The molecular formula is C17H28N4O3. The zero-order valence-electron chi connectivity index (χ0n) is 14.6. The topological polar surface area (TPSA) is 87.5 Å². The number of hydrogen-bond donors (Lipinski definition) is 2. The molecule has 0 aromatic carbocycles. The van der Waals surface area contributed by atoms with Crippen molar-refractivity contribution in [2.45, 2.75) is 57.9 Å². The summed E-state index contributed by atoms with van der Waals surface area (Å²) in [6.45, 7) is 2.10. The Morgan fingerprint density at radius 3 is 2.42 bits per heavy atom. The zero-order valence-corrected chi connectivity index (χ0v) is 14.6. The Kier molecular flexibility index (Phi) is 7.24. The normalized spacial score (nSPS) is 16.5. The highest BCUT2D eigenvalue weighted by molar-refractivity contribution is 5.91. The molecule has 24 heavy (non-hydrogen) atoms. The van der Waals surface area contributed by atoms with Gasteiger partial charge in [-0.1, -0.05) is 37.3 Å². The SMILES string of the molecule is Cc1cc(NC(=O)CN(C)CC(=O)NC2CCCCCCC2)no1.